The van der Waals surface area contributed by atoms with Gasteiger partial charge in [-0.15, -0.1) is 0 Å². The fourth-order valence-corrected chi connectivity index (χ4v) is 2.71. The van der Waals surface area contributed by atoms with Gasteiger partial charge in [-0.3, -0.25) is 10.4 Å². The molecule has 0 heterocycles. The Balaban J connectivity index is 1.86. The number of hydrogen-bond donors (Lipinski definition) is 1. The van der Waals surface area contributed by atoms with Crippen LogP contribution in [-0.4, -0.2) is 12.4 Å². The van der Waals surface area contributed by atoms with E-state index in [4.69, 9.17) is 5.41 Å². The zero-order valence-electron chi connectivity index (χ0n) is 14.0. The highest BCUT2D eigenvalue weighted by atomic mass is 14.7. The fraction of sp³-hybridized carbons (Fsp3) is 0.0435. The van der Waals surface area contributed by atoms with Gasteiger partial charge in [0.25, 0.3) is 0 Å². The summed E-state index contributed by atoms with van der Waals surface area (Å²) < 4.78 is 0. The van der Waals surface area contributed by atoms with E-state index < -0.39 is 0 Å². The van der Waals surface area contributed by atoms with Gasteiger partial charge in [-0.2, -0.15) is 0 Å². The van der Waals surface area contributed by atoms with Crippen LogP contribution in [0.2, 0.25) is 0 Å². The fourth-order valence-electron chi connectivity index (χ4n) is 2.71. The van der Waals surface area contributed by atoms with Gasteiger partial charge < -0.3 is 0 Å². The molecule has 122 valence electrons. The smallest absolute Gasteiger partial charge is 0.0684 e. The summed E-state index contributed by atoms with van der Waals surface area (Å²) in [6.45, 7) is 3.71. The zero-order chi connectivity index (χ0) is 17.5. The number of hydrogen-bond acceptors (Lipinski definition) is 2. The van der Waals surface area contributed by atoms with Gasteiger partial charge in [0.15, 0.2) is 0 Å². The summed E-state index contributed by atoms with van der Waals surface area (Å²) >= 11 is 0. The average Bonchev–Trinajstić information content (AvgIpc) is 2.69. The maximum absolute atomic E-state index is 8.44. The molecule has 0 amide bonds. The van der Waals surface area contributed by atoms with Gasteiger partial charge in [0.1, 0.15) is 0 Å². The highest BCUT2D eigenvalue weighted by Crippen LogP contribution is 2.20. The first-order valence-corrected chi connectivity index (χ1v) is 8.23. The number of nitrogens with one attached hydrogen (secondary N) is 1. The van der Waals surface area contributed by atoms with Crippen LogP contribution in [0.1, 0.15) is 22.3 Å². The quantitative estimate of drug-likeness (QED) is 0.590. The maximum Gasteiger partial charge on any atom is 0.0684 e. The monoisotopic (exact) mass is 324 g/mol. The Kier molecular flexibility index (Phi) is 5.32. The van der Waals surface area contributed by atoms with Crippen LogP contribution in [-0.2, 0) is 6.42 Å². The van der Waals surface area contributed by atoms with Crippen molar-refractivity contribution in [3.63, 3.8) is 0 Å². The lowest BCUT2D eigenvalue weighted by atomic mass is 9.99. The molecule has 0 aliphatic heterocycles. The second-order valence-corrected chi connectivity index (χ2v) is 5.76. The first-order valence-electron chi connectivity index (χ1n) is 8.23. The van der Waals surface area contributed by atoms with Gasteiger partial charge in [-0.1, -0.05) is 84.9 Å². The van der Waals surface area contributed by atoms with E-state index >= 15 is 0 Å². The lowest BCUT2D eigenvalue weighted by Crippen LogP contribution is -2.01. The Bertz CT molecular complexity index is 894. The van der Waals surface area contributed by atoms with Crippen LogP contribution >= 0.6 is 0 Å². The van der Waals surface area contributed by atoms with Crippen molar-refractivity contribution in [1.29, 1.82) is 5.41 Å². The molecule has 0 bridgehead atoms. The Labute approximate surface area is 148 Å². The lowest BCUT2D eigenvalue weighted by Gasteiger charge is -2.08. The summed E-state index contributed by atoms with van der Waals surface area (Å²) in [6, 6.07) is 28.0. The molecule has 0 aliphatic carbocycles. The van der Waals surface area contributed by atoms with Gasteiger partial charge in [0.2, 0.25) is 0 Å². The summed E-state index contributed by atoms with van der Waals surface area (Å²) in [5.74, 6) is 0. The van der Waals surface area contributed by atoms with Crippen LogP contribution in [0.5, 0.6) is 0 Å². The average molecular weight is 324 g/mol. The van der Waals surface area contributed by atoms with E-state index in [1.54, 1.807) is 0 Å². The molecule has 3 aromatic rings. The van der Waals surface area contributed by atoms with E-state index in [-0.39, 0.29) is 0 Å². The van der Waals surface area contributed by atoms with E-state index in [1.165, 1.54) is 5.56 Å². The Morgan fingerprint density at radius 1 is 0.800 bits per heavy atom. The Morgan fingerprint density at radius 2 is 1.40 bits per heavy atom. The zero-order valence-corrected chi connectivity index (χ0v) is 14.0. The second-order valence-electron chi connectivity index (χ2n) is 5.76. The van der Waals surface area contributed by atoms with E-state index in [1.807, 2.05) is 72.8 Å². The standard InChI is InChI=1S/C23H20N2/c1-25-22(16-15-18-9-4-2-5-10-18)20-13-8-14-21(17-20)23(24)19-11-6-3-7-12-19/h2-14,16-17,24H,1,15H2/b22-16-,24-23?. The number of nitrogens with zero attached hydrogens (tertiary/aromatic N) is 1. The van der Waals surface area contributed by atoms with Crippen molar-refractivity contribution in [2.24, 2.45) is 4.99 Å². The topological polar surface area (TPSA) is 36.2 Å². The van der Waals surface area contributed by atoms with Gasteiger partial charge in [0.05, 0.1) is 11.4 Å². The number of aliphatic imine (C=N–C) groups is 1. The molecule has 0 atom stereocenters. The predicted molar refractivity (Wildman–Crippen MR) is 106 cm³/mol. The van der Waals surface area contributed by atoms with Crippen molar-refractivity contribution >= 4 is 18.1 Å². The third kappa shape index (κ3) is 4.18. The van der Waals surface area contributed by atoms with Crippen LogP contribution in [0.15, 0.2) is 96.0 Å². The third-order valence-corrected chi connectivity index (χ3v) is 4.05. The van der Waals surface area contributed by atoms with E-state index in [2.05, 4.69) is 29.9 Å². The number of allylic oxidation sites excluding steroid dienone is 1. The van der Waals surface area contributed by atoms with E-state index in [9.17, 15) is 0 Å². The molecule has 0 fully saturated rings. The molecular weight excluding hydrogens is 304 g/mol. The van der Waals surface area contributed by atoms with Gasteiger partial charge in [0, 0.05) is 11.1 Å². The molecule has 2 nitrogen and oxygen atoms in total. The van der Waals surface area contributed by atoms with Crippen molar-refractivity contribution in [1.82, 2.24) is 0 Å². The van der Waals surface area contributed by atoms with Crippen molar-refractivity contribution in [2.75, 3.05) is 0 Å². The lowest BCUT2D eigenvalue weighted by molar-refractivity contribution is 1.26. The summed E-state index contributed by atoms with van der Waals surface area (Å²) in [5, 5.41) is 8.44. The second kappa shape index (κ2) is 8.02. The van der Waals surface area contributed by atoms with Gasteiger partial charge in [-0.05, 0) is 30.3 Å². The molecule has 0 aliphatic rings. The molecule has 2 heteroatoms. The first kappa shape index (κ1) is 16.6. The summed E-state index contributed by atoms with van der Waals surface area (Å²) in [5.41, 5.74) is 5.33. The van der Waals surface area contributed by atoms with Crippen LogP contribution in [0.4, 0.5) is 0 Å². The Hall–Kier alpha value is -3.26. The minimum atomic E-state index is 0.508. The third-order valence-electron chi connectivity index (χ3n) is 4.05. The number of benzene rings is 3. The molecular formula is C23H20N2. The van der Waals surface area contributed by atoms with Crippen molar-refractivity contribution in [3.8, 4) is 0 Å². The van der Waals surface area contributed by atoms with Crippen LogP contribution < -0.4 is 0 Å². The molecule has 0 saturated carbocycles. The molecule has 3 aromatic carbocycles. The van der Waals surface area contributed by atoms with Crippen molar-refractivity contribution in [3.05, 3.63) is 113 Å². The SMILES string of the molecule is C=N/C(=C\Cc1ccccc1)c1cccc(C(=N)c2ccccc2)c1. The number of rotatable bonds is 6. The van der Waals surface area contributed by atoms with Crippen molar-refractivity contribution in [2.45, 2.75) is 6.42 Å². The van der Waals surface area contributed by atoms with Crippen molar-refractivity contribution < 1.29 is 0 Å². The molecule has 0 saturated heterocycles. The molecule has 0 radical (unpaired) electrons. The molecule has 1 N–H and O–H groups in total. The largest absolute Gasteiger partial charge is 0.300 e. The van der Waals surface area contributed by atoms with Gasteiger partial charge in [-0.25, -0.2) is 0 Å². The summed E-state index contributed by atoms with van der Waals surface area (Å²) in [6.07, 6.45) is 2.88. The molecule has 25 heavy (non-hydrogen) atoms. The first-order chi connectivity index (χ1) is 12.3. The minimum absolute atomic E-state index is 0.508. The maximum atomic E-state index is 8.44. The van der Waals surface area contributed by atoms with Gasteiger partial charge >= 0.3 is 0 Å². The van der Waals surface area contributed by atoms with E-state index in [0.717, 1.165) is 28.8 Å². The molecule has 0 unspecified atom stereocenters. The normalized spacial score (nSPS) is 11.1. The molecule has 0 spiro atoms. The van der Waals surface area contributed by atoms with Crippen LogP contribution in [0, 0.1) is 5.41 Å². The highest BCUT2D eigenvalue weighted by Gasteiger charge is 2.07. The summed E-state index contributed by atoms with van der Waals surface area (Å²) in [7, 11) is 0. The van der Waals surface area contributed by atoms with E-state index in [0.29, 0.717) is 5.71 Å². The predicted octanol–water partition coefficient (Wildman–Crippen LogP) is 5.39. The van der Waals surface area contributed by atoms with Crippen LogP contribution in [0.25, 0.3) is 5.70 Å². The minimum Gasteiger partial charge on any atom is -0.300 e. The molecule has 0 aromatic heterocycles. The Morgan fingerprint density at radius 3 is 2.08 bits per heavy atom. The molecule has 3 rings (SSSR count). The highest BCUT2D eigenvalue weighted by molar-refractivity contribution is 6.11. The summed E-state index contributed by atoms with van der Waals surface area (Å²) in [4.78, 5) is 4.19. The van der Waals surface area contributed by atoms with Crippen LogP contribution in [0.3, 0.4) is 0 Å².